The van der Waals surface area contributed by atoms with Crippen LogP contribution in [0.25, 0.3) is 0 Å². The summed E-state index contributed by atoms with van der Waals surface area (Å²) in [6.07, 6.45) is 0.821. The second kappa shape index (κ2) is 4.76. The maximum Gasteiger partial charge on any atom is 0.226 e. The van der Waals surface area contributed by atoms with Gasteiger partial charge in [0.2, 0.25) is 5.91 Å². The Morgan fingerprint density at radius 1 is 1.58 bits per heavy atom. The molecule has 0 aromatic heterocycles. The number of rotatable bonds is 3. The number of carbonyl (C=O) groups excluding carboxylic acids is 1. The number of hydrogen-bond donors (Lipinski definition) is 0. The summed E-state index contributed by atoms with van der Waals surface area (Å²) in [6.45, 7) is 5.57. The summed E-state index contributed by atoms with van der Waals surface area (Å²) >= 11 is 0. The summed E-state index contributed by atoms with van der Waals surface area (Å²) in [5, 5.41) is 8.56. The van der Waals surface area contributed by atoms with Crippen molar-refractivity contribution in [1.82, 2.24) is 4.90 Å². The van der Waals surface area contributed by atoms with Gasteiger partial charge in [-0.05, 0) is 13.3 Å². The zero-order valence-corrected chi connectivity index (χ0v) is 8.16. The molecule has 0 rings (SSSR count). The van der Waals surface area contributed by atoms with Crippen molar-refractivity contribution in [1.29, 1.82) is 5.26 Å². The van der Waals surface area contributed by atoms with Crippen LogP contribution in [-0.4, -0.2) is 23.9 Å². The van der Waals surface area contributed by atoms with E-state index in [1.165, 1.54) is 4.90 Å². The molecule has 0 radical (unpaired) electrons. The quantitative estimate of drug-likeness (QED) is 0.639. The monoisotopic (exact) mass is 168 g/mol. The molecule has 0 aliphatic carbocycles. The van der Waals surface area contributed by atoms with Gasteiger partial charge in [0.15, 0.2) is 0 Å². The second-order valence-corrected chi connectivity index (χ2v) is 3.06. The lowest BCUT2D eigenvalue weighted by molar-refractivity contribution is -0.134. The molecule has 0 bridgehead atoms. The largest absolute Gasteiger partial charge is 0.330 e. The zero-order valence-electron chi connectivity index (χ0n) is 8.16. The molecule has 0 fully saturated rings. The van der Waals surface area contributed by atoms with Gasteiger partial charge in [-0.2, -0.15) is 5.26 Å². The minimum Gasteiger partial charge on any atom is -0.330 e. The third kappa shape index (κ3) is 2.54. The van der Waals surface area contributed by atoms with Crippen molar-refractivity contribution in [2.45, 2.75) is 33.2 Å². The second-order valence-electron chi connectivity index (χ2n) is 3.06. The average Bonchev–Trinajstić information content (AvgIpc) is 2.12. The van der Waals surface area contributed by atoms with E-state index in [0.29, 0.717) is 0 Å². The van der Waals surface area contributed by atoms with Crippen molar-refractivity contribution < 1.29 is 4.79 Å². The van der Waals surface area contributed by atoms with Crippen LogP contribution < -0.4 is 0 Å². The van der Waals surface area contributed by atoms with Gasteiger partial charge in [0.1, 0.15) is 6.04 Å². The summed E-state index contributed by atoms with van der Waals surface area (Å²) in [4.78, 5) is 12.9. The van der Waals surface area contributed by atoms with Gasteiger partial charge in [-0.15, -0.1) is 0 Å². The van der Waals surface area contributed by atoms with Gasteiger partial charge in [-0.3, -0.25) is 4.79 Å². The molecule has 3 heteroatoms. The van der Waals surface area contributed by atoms with E-state index in [2.05, 4.69) is 0 Å². The number of amides is 1. The molecular weight excluding hydrogens is 152 g/mol. The SMILES string of the molecule is CCC(C)C(=O)N(C)C(C)C#N. The predicted octanol–water partition coefficient (Wildman–Crippen LogP) is 1.40. The van der Waals surface area contributed by atoms with Crippen molar-refractivity contribution in [2.75, 3.05) is 7.05 Å². The van der Waals surface area contributed by atoms with Crippen molar-refractivity contribution in [3.8, 4) is 6.07 Å². The Kier molecular flexibility index (Phi) is 4.35. The molecule has 0 saturated heterocycles. The van der Waals surface area contributed by atoms with E-state index in [-0.39, 0.29) is 17.9 Å². The van der Waals surface area contributed by atoms with Gasteiger partial charge in [0, 0.05) is 13.0 Å². The van der Waals surface area contributed by atoms with Crippen molar-refractivity contribution >= 4 is 5.91 Å². The first-order valence-corrected chi connectivity index (χ1v) is 4.20. The smallest absolute Gasteiger partial charge is 0.226 e. The first-order chi connectivity index (χ1) is 5.54. The number of carbonyl (C=O) groups is 1. The van der Waals surface area contributed by atoms with Gasteiger partial charge in [0.25, 0.3) is 0 Å². The van der Waals surface area contributed by atoms with E-state index < -0.39 is 0 Å². The third-order valence-electron chi connectivity index (χ3n) is 2.15. The summed E-state index contributed by atoms with van der Waals surface area (Å²) in [6, 6.07) is 1.70. The Balaban J connectivity index is 4.21. The third-order valence-corrected chi connectivity index (χ3v) is 2.15. The lowest BCUT2D eigenvalue weighted by Crippen LogP contribution is -2.37. The number of nitrogens with zero attached hydrogens (tertiary/aromatic N) is 2. The van der Waals surface area contributed by atoms with Gasteiger partial charge < -0.3 is 4.90 Å². The molecule has 0 aliphatic rings. The molecule has 0 aromatic carbocycles. The van der Waals surface area contributed by atoms with Crippen molar-refractivity contribution in [2.24, 2.45) is 5.92 Å². The van der Waals surface area contributed by atoms with E-state index >= 15 is 0 Å². The highest BCUT2D eigenvalue weighted by Gasteiger charge is 2.19. The van der Waals surface area contributed by atoms with Gasteiger partial charge in [0.05, 0.1) is 6.07 Å². The maximum absolute atomic E-state index is 11.4. The fourth-order valence-electron chi connectivity index (χ4n) is 0.800. The molecule has 0 aromatic rings. The topological polar surface area (TPSA) is 44.1 Å². The fraction of sp³-hybridized carbons (Fsp3) is 0.778. The molecule has 0 spiro atoms. The van der Waals surface area contributed by atoms with Gasteiger partial charge in [-0.25, -0.2) is 0 Å². The Labute approximate surface area is 74.0 Å². The fourth-order valence-corrected chi connectivity index (χ4v) is 0.800. The van der Waals surface area contributed by atoms with Gasteiger partial charge >= 0.3 is 0 Å². The maximum atomic E-state index is 11.4. The summed E-state index contributed by atoms with van der Waals surface area (Å²) < 4.78 is 0. The Morgan fingerprint density at radius 2 is 2.08 bits per heavy atom. The summed E-state index contributed by atoms with van der Waals surface area (Å²) in [5.74, 6) is 0.0670. The number of hydrogen-bond acceptors (Lipinski definition) is 2. The Hall–Kier alpha value is -1.04. The highest BCUT2D eigenvalue weighted by Crippen LogP contribution is 2.07. The van der Waals surface area contributed by atoms with E-state index in [1.54, 1.807) is 14.0 Å². The molecule has 3 nitrogen and oxygen atoms in total. The normalized spacial score (nSPS) is 14.6. The highest BCUT2D eigenvalue weighted by molar-refractivity contribution is 5.78. The van der Waals surface area contributed by atoms with Crippen LogP contribution in [0.15, 0.2) is 0 Å². The van der Waals surface area contributed by atoms with Crippen LogP contribution in [0, 0.1) is 17.2 Å². The van der Waals surface area contributed by atoms with Crippen LogP contribution in [0.2, 0.25) is 0 Å². The lowest BCUT2D eigenvalue weighted by atomic mass is 10.1. The van der Waals surface area contributed by atoms with Crippen molar-refractivity contribution in [3.05, 3.63) is 0 Å². The standard InChI is InChI=1S/C9H16N2O/c1-5-7(2)9(12)11(4)8(3)6-10/h7-8H,5H2,1-4H3. The van der Waals surface area contributed by atoms with Crippen LogP contribution in [-0.2, 0) is 4.79 Å². The van der Waals surface area contributed by atoms with Crippen molar-refractivity contribution in [3.63, 3.8) is 0 Å². The Bertz CT molecular complexity index is 195. The lowest BCUT2D eigenvalue weighted by Gasteiger charge is -2.22. The molecule has 1 amide bonds. The molecule has 0 aliphatic heterocycles. The van der Waals surface area contributed by atoms with E-state index in [9.17, 15) is 4.79 Å². The van der Waals surface area contributed by atoms with E-state index in [1.807, 2.05) is 19.9 Å². The average molecular weight is 168 g/mol. The van der Waals surface area contributed by atoms with Gasteiger partial charge in [-0.1, -0.05) is 13.8 Å². The van der Waals surface area contributed by atoms with Crippen LogP contribution in [0.4, 0.5) is 0 Å². The number of nitriles is 1. The molecule has 12 heavy (non-hydrogen) atoms. The van der Waals surface area contributed by atoms with Crippen LogP contribution in [0.5, 0.6) is 0 Å². The Morgan fingerprint density at radius 3 is 2.42 bits per heavy atom. The molecule has 0 N–H and O–H groups in total. The molecule has 2 unspecified atom stereocenters. The molecule has 0 heterocycles. The minimum atomic E-state index is -0.327. The molecule has 0 saturated carbocycles. The molecular formula is C9H16N2O. The van der Waals surface area contributed by atoms with E-state index in [4.69, 9.17) is 5.26 Å². The van der Waals surface area contributed by atoms with E-state index in [0.717, 1.165) is 6.42 Å². The predicted molar refractivity (Wildman–Crippen MR) is 47.3 cm³/mol. The van der Waals surface area contributed by atoms with Crippen LogP contribution in [0.3, 0.4) is 0 Å². The zero-order chi connectivity index (χ0) is 9.72. The molecule has 68 valence electrons. The molecule has 2 atom stereocenters. The van der Waals surface area contributed by atoms with Crippen LogP contribution in [0.1, 0.15) is 27.2 Å². The highest BCUT2D eigenvalue weighted by atomic mass is 16.2. The van der Waals surface area contributed by atoms with Crippen LogP contribution >= 0.6 is 0 Å². The first kappa shape index (κ1) is 11.0. The minimum absolute atomic E-state index is 0.0193. The first-order valence-electron chi connectivity index (χ1n) is 4.20. The summed E-state index contributed by atoms with van der Waals surface area (Å²) in [7, 11) is 1.67. The summed E-state index contributed by atoms with van der Waals surface area (Å²) in [5.41, 5.74) is 0.